The van der Waals surface area contributed by atoms with Gasteiger partial charge in [0, 0.05) is 24.9 Å². The maximum absolute atomic E-state index is 11.7. The summed E-state index contributed by atoms with van der Waals surface area (Å²) in [4.78, 5) is 6.81. The zero-order valence-corrected chi connectivity index (χ0v) is 19.5. The van der Waals surface area contributed by atoms with Crippen molar-refractivity contribution in [1.29, 1.82) is 0 Å². The molecule has 0 fully saturated rings. The van der Waals surface area contributed by atoms with E-state index in [9.17, 15) is 8.42 Å². The molecule has 0 bridgehead atoms. The van der Waals surface area contributed by atoms with E-state index in [1.165, 1.54) is 0 Å². The number of rotatable bonds is 6. The number of anilines is 4. The molecule has 4 aromatic rings. The number of hydrogen-bond acceptors (Lipinski definition) is 6. The summed E-state index contributed by atoms with van der Waals surface area (Å²) in [5.41, 5.74) is 5.86. The Hall–Kier alpha value is -3.52. The number of nitrogens with zero attached hydrogens (tertiary/aromatic N) is 2. The second-order valence-electron chi connectivity index (χ2n) is 7.99. The third-order valence-corrected chi connectivity index (χ3v) is 5.79. The van der Waals surface area contributed by atoms with Gasteiger partial charge in [0.25, 0.3) is 0 Å². The van der Waals surface area contributed by atoms with Crippen LogP contribution in [0, 0.1) is 6.92 Å². The van der Waals surface area contributed by atoms with Gasteiger partial charge < -0.3 is 15.0 Å². The van der Waals surface area contributed by atoms with Crippen molar-refractivity contribution in [2.45, 2.75) is 6.92 Å². The number of nitrogens with one attached hydrogen (secondary N) is 2. The van der Waals surface area contributed by atoms with Crippen LogP contribution in [0.3, 0.4) is 0 Å². The average Bonchev–Trinajstić information content (AvgIpc) is 2.72. The summed E-state index contributed by atoms with van der Waals surface area (Å²) >= 11 is 0. The lowest BCUT2D eigenvalue weighted by atomic mass is 10.0. The van der Waals surface area contributed by atoms with Crippen LogP contribution in [0.5, 0.6) is 5.75 Å². The third kappa shape index (κ3) is 4.27. The van der Waals surface area contributed by atoms with Crippen molar-refractivity contribution in [3.05, 3.63) is 60.2 Å². The Bertz CT molecular complexity index is 1430. The number of pyridine rings is 1. The maximum Gasteiger partial charge on any atom is 0.229 e. The van der Waals surface area contributed by atoms with Crippen LogP contribution >= 0.6 is 0 Å². The lowest BCUT2D eigenvalue weighted by molar-refractivity contribution is 0.419. The largest absolute Gasteiger partial charge is 0.494 e. The summed E-state index contributed by atoms with van der Waals surface area (Å²) in [7, 11) is 2.10. The fourth-order valence-corrected chi connectivity index (χ4v) is 4.32. The van der Waals surface area contributed by atoms with Crippen LogP contribution in [0.1, 0.15) is 5.56 Å². The highest BCUT2D eigenvalue weighted by Crippen LogP contribution is 2.39. The van der Waals surface area contributed by atoms with Gasteiger partial charge in [0.05, 0.1) is 41.6 Å². The van der Waals surface area contributed by atoms with Crippen LogP contribution < -0.4 is 19.7 Å². The Morgan fingerprint density at radius 3 is 2.47 bits per heavy atom. The second kappa shape index (κ2) is 8.20. The quantitative estimate of drug-likeness (QED) is 0.407. The van der Waals surface area contributed by atoms with Gasteiger partial charge in [-0.1, -0.05) is 24.3 Å². The molecule has 0 atom stereocenters. The Labute approximate surface area is 188 Å². The molecule has 1 heterocycles. The molecule has 0 saturated heterocycles. The van der Waals surface area contributed by atoms with E-state index >= 15 is 0 Å². The van der Waals surface area contributed by atoms with Gasteiger partial charge in [-0.15, -0.1) is 0 Å². The predicted molar refractivity (Wildman–Crippen MR) is 133 cm³/mol. The minimum Gasteiger partial charge on any atom is -0.494 e. The van der Waals surface area contributed by atoms with Gasteiger partial charge in [0.15, 0.2) is 0 Å². The van der Waals surface area contributed by atoms with Crippen molar-refractivity contribution in [2.75, 3.05) is 42.4 Å². The number of aryl methyl sites for hydroxylation is 1. The van der Waals surface area contributed by atoms with Crippen molar-refractivity contribution in [3.63, 3.8) is 0 Å². The highest BCUT2D eigenvalue weighted by molar-refractivity contribution is 7.92. The third-order valence-electron chi connectivity index (χ3n) is 5.19. The number of aromatic nitrogens is 1. The highest BCUT2D eigenvalue weighted by Gasteiger charge is 2.15. The van der Waals surface area contributed by atoms with Crippen LogP contribution in [0.4, 0.5) is 22.7 Å². The molecule has 0 aliphatic heterocycles. The normalized spacial score (nSPS) is 11.5. The summed E-state index contributed by atoms with van der Waals surface area (Å²) < 4.78 is 31.5. The summed E-state index contributed by atoms with van der Waals surface area (Å²) in [6, 6.07) is 17.5. The van der Waals surface area contributed by atoms with E-state index in [1.54, 1.807) is 19.2 Å². The topological polar surface area (TPSA) is 83.6 Å². The summed E-state index contributed by atoms with van der Waals surface area (Å²) in [5, 5.41) is 5.51. The van der Waals surface area contributed by atoms with Crippen LogP contribution in [-0.4, -0.2) is 40.9 Å². The lowest BCUT2D eigenvalue weighted by Crippen LogP contribution is -2.14. The van der Waals surface area contributed by atoms with E-state index in [0.29, 0.717) is 11.4 Å². The molecule has 0 aliphatic carbocycles. The molecule has 8 heteroatoms. The Kier molecular flexibility index (Phi) is 5.56. The van der Waals surface area contributed by atoms with E-state index < -0.39 is 10.0 Å². The molecule has 0 radical (unpaired) electrons. The van der Waals surface area contributed by atoms with E-state index in [-0.39, 0.29) is 0 Å². The molecule has 0 amide bonds. The SMILES string of the molecule is COc1cccc2c(Nc3ccc(NS(C)(=O)=O)cc3N(C)C)c3ccc(C)cc3nc12. The van der Waals surface area contributed by atoms with Crippen molar-refractivity contribution in [1.82, 2.24) is 4.98 Å². The first-order valence-electron chi connectivity index (χ1n) is 10.1. The molecule has 2 N–H and O–H groups in total. The van der Waals surface area contributed by atoms with Gasteiger partial charge in [-0.2, -0.15) is 0 Å². The number of methoxy groups -OCH3 is 1. The smallest absolute Gasteiger partial charge is 0.229 e. The van der Waals surface area contributed by atoms with Crippen LogP contribution in [-0.2, 0) is 10.0 Å². The van der Waals surface area contributed by atoms with Crippen molar-refractivity contribution in [2.24, 2.45) is 0 Å². The van der Waals surface area contributed by atoms with E-state index in [1.807, 2.05) is 50.2 Å². The van der Waals surface area contributed by atoms with Crippen molar-refractivity contribution < 1.29 is 13.2 Å². The highest BCUT2D eigenvalue weighted by atomic mass is 32.2. The van der Waals surface area contributed by atoms with Gasteiger partial charge in [-0.3, -0.25) is 4.72 Å². The molecule has 0 saturated carbocycles. The summed E-state index contributed by atoms with van der Waals surface area (Å²) in [6.45, 7) is 2.04. The van der Waals surface area contributed by atoms with Crippen molar-refractivity contribution in [3.8, 4) is 5.75 Å². The Morgan fingerprint density at radius 2 is 1.78 bits per heavy atom. The predicted octanol–water partition coefficient (Wildman–Crippen LogP) is 4.89. The van der Waals surface area contributed by atoms with Gasteiger partial charge in [-0.05, 0) is 42.8 Å². The minimum atomic E-state index is -3.37. The lowest BCUT2D eigenvalue weighted by Gasteiger charge is -2.22. The number of benzene rings is 3. The molecule has 0 spiro atoms. The Balaban J connectivity index is 1.93. The molecule has 7 nitrogen and oxygen atoms in total. The van der Waals surface area contributed by atoms with Gasteiger partial charge in [0.1, 0.15) is 11.3 Å². The van der Waals surface area contributed by atoms with E-state index in [0.717, 1.165) is 50.7 Å². The molecule has 1 aromatic heterocycles. The number of ether oxygens (including phenoxy) is 1. The maximum atomic E-state index is 11.7. The first-order valence-corrected chi connectivity index (χ1v) is 12.0. The molecule has 0 unspecified atom stereocenters. The minimum absolute atomic E-state index is 0.503. The van der Waals surface area contributed by atoms with Gasteiger partial charge >= 0.3 is 0 Å². The number of sulfonamides is 1. The fraction of sp³-hybridized carbons (Fsp3) is 0.208. The number of para-hydroxylation sites is 1. The fourth-order valence-electron chi connectivity index (χ4n) is 3.77. The van der Waals surface area contributed by atoms with E-state index in [2.05, 4.69) is 28.2 Å². The van der Waals surface area contributed by atoms with E-state index in [4.69, 9.17) is 9.72 Å². The second-order valence-corrected chi connectivity index (χ2v) is 9.74. The molecule has 4 rings (SSSR count). The molecule has 0 aliphatic rings. The van der Waals surface area contributed by atoms with Crippen LogP contribution in [0.25, 0.3) is 21.8 Å². The standard InChI is InChI=1S/C24H26N4O3S/c1-15-9-11-17-20(13-15)26-24-18(7-6-8-22(24)31-4)23(17)25-19-12-10-16(27-32(5,29)30)14-21(19)28(2)3/h6-14,27H,1-5H3,(H,25,26). The summed E-state index contributed by atoms with van der Waals surface area (Å²) in [6.07, 6.45) is 1.14. The van der Waals surface area contributed by atoms with Gasteiger partial charge in [0.2, 0.25) is 10.0 Å². The first kappa shape index (κ1) is 21.7. The first-order chi connectivity index (χ1) is 15.2. The molecular weight excluding hydrogens is 424 g/mol. The van der Waals surface area contributed by atoms with Gasteiger partial charge in [-0.25, -0.2) is 13.4 Å². The molecule has 32 heavy (non-hydrogen) atoms. The van der Waals surface area contributed by atoms with Crippen LogP contribution in [0.15, 0.2) is 54.6 Å². The summed E-state index contributed by atoms with van der Waals surface area (Å²) in [5.74, 6) is 0.703. The molecule has 166 valence electrons. The zero-order chi connectivity index (χ0) is 23.0. The number of hydrogen-bond donors (Lipinski definition) is 2. The number of fused-ring (bicyclic) bond motifs is 2. The molecule has 3 aromatic carbocycles. The van der Waals surface area contributed by atoms with Crippen LogP contribution in [0.2, 0.25) is 0 Å². The van der Waals surface area contributed by atoms with Crippen molar-refractivity contribution >= 4 is 54.6 Å². The average molecular weight is 451 g/mol. The molecular formula is C24H26N4O3S. The Morgan fingerprint density at radius 1 is 1.00 bits per heavy atom. The monoisotopic (exact) mass is 450 g/mol. The zero-order valence-electron chi connectivity index (χ0n) is 18.7.